The normalized spacial score (nSPS) is 20.3. The third-order valence-corrected chi connectivity index (χ3v) is 3.96. The highest BCUT2D eigenvalue weighted by Crippen LogP contribution is 2.19. The van der Waals surface area contributed by atoms with Crippen LogP contribution in [0.25, 0.3) is 0 Å². The molecule has 84 valence electrons. The summed E-state index contributed by atoms with van der Waals surface area (Å²) in [5.74, 6) is 0. The molecule has 0 aliphatic carbocycles. The van der Waals surface area contributed by atoms with Gasteiger partial charge < -0.3 is 15.7 Å². The van der Waals surface area contributed by atoms with E-state index in [1.165, 1.54) is 4.88 Å². The smallest absolute Gasteiger partial charge is 0.0614 e. The third-order valence-electron chi connectivity index (χ3n) is 3.08. The fourth-order valence-corrected chi connectivity index (χ4v) is 2.63. The van der Waals surface area contributed by atoms with Crippen LogP contribution in [0.2, 0.25) is 0 Å². The Morgan fingerprint density at radius 2 is 2.27 bits per heavy atom. The zero-order chi connectivity index (χ0) is 10.6. The van der Waals surface area contributed by atoms with Crippen molar-refractivity contribution in [3.05, 3.63) is 22.4 Å². The van der Waals surface area contributed by atoms with Gasteiger partial charge in [0.25, 0.3) is 0 Å². The van der Waals surface area contributed by atoms with E-state index in [1.807, 2.05) is 0 Å². The average molecular weight is 226 g/mol. The lowest BCUT2D eigenvalue weighted by atomic mass is 9.89. The van der Waals surface area contributed by atoms with Gasteiger partial charge in [0, 0.05) is 17.0 Å². The number of hydrogen-bond donors (Lipinski definition) is 3. The van der Waals surface area contributed by atoms with Crippen molar-refractivity contribution in [1.29, 1.82) is 0 Å². The van der Waals surface area contributed by atoms with Crippen LogP contribution in [0.3, 0.4) is 0 Å². The third kappa shape index (κ3) is 2.78. The first-order chi connectivity index (χ1) is 7.35. The quantitative estimate of drug-likeness (QED) is 0.716. The molecule has 0 amide bonds. The van der Waals surface area contributed by atoms with Crippen molar-refractivity contribution in [2.24, 2.45) is 0 Å². The van der Waals surface area contributed by atoms with Crippen LogP contribution in [-0.4, -0.2) is 30.3 Å². The molecule has 3 nitrogen and oxygen atoms in total. The molecule has 4 heteroatoms. The van der Waals surface area contributed by atoms with E-state index in [2.05, 4.69) is 28.1 Å². The second kappa shape index (κ2) is 5.07. The van der Waals surface area contributed by atoms with Gasteiger partial charge in [0.05, 0.1) is 6.61 Å². The van der Waals surface area contributed by atoms with Gasteiger partial charge in [-0.05, 0) is 37.4 Å². The summed E-state index contributed by atoms with van der Waals surface area (Å²) in [6.45, 7) is 3.11. The number of thiophene rings is 1. The highest BCUT2D eigenvalue weighted by atomic mass is 32.1. The fourth-order valence-electron chi connectivity index (χ4n) is 1.98. The van der Waals surface area contributed by atoms with Crippen LogP contribution in [0.15, 0.2) is 17.5 Å². The Balaban J connectivity index is 1.89. The van der Waals surface area contributed by atoms with Gasteiger partial charge in [0.1, 0.15) is 0 Å². The van der Waals surface area contributed by atoms with Gasteiger partial charge >= 0.3 is 0 Å². The summed E-state index contributed by atoms with van der Waals surface area (Å²) >= 11 is 1.76. The van der Waals surface area contributed by atoms with Crippen LogP contribution in [0.4, 0.5) is 0 Å². The molecule has 1 aliphatic heterocycles. The predicted molar refractivity (Wildman–Crippen MR) is 63.1 cm³/mol. The van der Waals surface area contributed by atoms with Crippen LogP contribution in [0.5, 0.6) is 0 Å². The first kappa shape index (κ1) is 11.1. The topological polar surface area (TPSA) is 44.3 Å². The average Bonchev–Trinajstić information content (AvgIpc) is 2.81. The molecule has 1 aliphatic rings. The highest BCUT2D eigenvalue weighted by Gasteiger charge is 2.30. The summed E-state index contributed by atoms with van der Waals surface area (Å²) in [7, 11) is 0. The summed E-state index contributed by atoms with van der Waals surface area (Å²) in [6.07, 6.45) is 2.02. The van der Waals surface area contributed by atoms with Crippen molar-refractivity contribution < 1.29 is 5.11 Å². The van der Waals surface area contributed by atoms with E-state index in [-0.39, 0.29) is 12.1 Å². The Morgan fingerprint density at radius 1 is 1.47 bits per heavy atom. The van der Waals surface area contributed by atoms with E-state index in [1.54, 1.807) is 11.3 Å². The van der Waals surface area contributed by atoms with Gasteiger partial charge in [0.2, 0.25) is 0 Å². The number of aliphatic hydroxyl groups excluding tert-OH is 1. The lowest BCUT2D eigenvalue weighted by molar-refractivity contribution is 0.126. The van der Waals surface area contributed by atoms with Crippen molar-refractivity contribution in [1.82, 2.24) is 10.6 Å². The zero-order valence-corrected chi connectivity index (χ0v) is 9.65. The van der Waals surface area contributed by atoms with Gasteiger partial charge in [0.15, 0.2) is 0 Å². The standard InChI is InChI=1S/C11H18N2OS/c14-9-11(3-5-12-6-4-11)13-8-10-2-1-7-15-10/h1-2,7,12-14H,3-6,8-9H2. The van der Waals surface area contributed by atoms with Crippen molar-refractivity contribution in [2.45, 2.75) is 24.9 Å². The maximum atomic E-state index is 9.48. The van der Waals surface area contributed by atoms with E-state index in [9.17, 15) is 5.11 Å². The Labute approximate surface area is 94.5 Å². The van der Waals surface area contributed by atoms with Gasteiger partial charge in [-0.3, -0.25) is 0 Å². The maximum absolute atomic E-state index is 9.48. The first-order valence-corrected chi connectivity index (χ1v) is 6.32. The van der Waals surface area contributed by atoms with E-state index >= 15 is 0 Å². The number of hydrogen-bond acceptors (Lipinski definition) is 4. The molecular weight excluding hydrogens is 208 g/mol. The second-order valence-corrected chi connectivity index (χ2v) is 5.15. The second-order valence-electron chi connectivity index (χ2n) is 4.12. The van der Waals surface area contributed by atoms with Crippen molar-refractivity contribution in [3.63, 3.8) is 0 Å². The first-order valence-electron chi connectivity index (χ1n) is 5.44. The number of piperidine rings is 1. The lowest BCUT2D eigenvalue weighted by Crippen LogP contribution is -2.54. The summed E-state index contributed by atoms with van der Waals surface area (Å²) in [5, 5.41) is 18.4. The molecule has 2 rings (SSSR count). The van der Waals surface area contributed by atoms with Crippen LogP contribution < -0.4 is 10.6 Å². The predicted octanol–water partition coefficient (Wildman–Crippen LogP) is 0.952. The molecule has 1 fully saturated rings. The maximum Gasteiger partial charge on any atom is 0.0614 e. The molecule has 0 radical (unpaired) electrons. The molecule has 0 spiro atoms. The highest BCUT2D eigenvalue weighted by molar-refractivity contribution is 7.09. The molecule has 15 heavy (non-hydrogen) atoms. The molecule has 2 heterocycles. The molecule has 1 saturated heterocycles. The van der Waals surface area contributed by atoms with E-state index < -0.39 is 0 Å². The molecule has 0 saturated carbocycles. The van der Waals surface area contributed by atoms with Gasteiger partial charge in [-0.2, -0.15) is 0 Å². The minimum atomic E-state index is -0.0603. The molecule has 0 aromatic carbocycles. The molecule has 1 aromatic heterocycles. The van der Waals surface area contributed by atoms with Crippen LogP contribution >= 0.6 is 11.3 Å². The molecule has 0 unspecified atom stereocenters. The summed E-state index contributed by atoms with van der Waals surface area (Å²) in [5.41, 5.74) is -0.0603. The van der Waals surface area contributed by atoms with Crippen molar-refractivity contribution >= 4 is 11.3 Å². The monoisotopic (exact) mass is 226 g/mol. The number of nitrogens with one attached hydrogen (secondary N) is 2. The van der Waals surface area contributed by atoms with Crippen LogP contribution in [0, 0.1) is 0 Å². The Kier molecular flexibility index (Phi) is 3.75. The summed E-state index contributed by atoms with van der Waals surface area (Å²) < 4.78 is 0. The fraction of sp³-hybridized carbons (Fsp3) is 0.636. The van der Waals surface area contributed by atoms with Gasteiger partial charge in [-0.15, -0.1) is 11.3 Å². The minimum Gasteiger partial charge on any atom is -0.394 e. The van der Waals surface area contributed by atoms with E-state index in [4.69, 9.17) is 0 Å². The molecular formula is C11H18N2OS. The molecule has 0 bridgehead atoms. The number of aliphatic hydroxyl groups is 1. The summed E-state index contributed by atoms with van der Waals surface area (Å²) in [4.78, 5) is 1.33. The SMILES string of the molecule is OCC1(NCc2cccs2)CCNCC1. The molecule has 1 aromatic rings. The molecule has 0 atom stereocenters. The minimum absolute atomic E-state index is 0.0603. The van der Waals surface area contributed by atoms with Gasteiger partial charge in [-0.25, -0.2) is 0 Å². The summed E-state index contributed by atoms with van der Waals surface area (Å²) in [6, 6.07) is 4.19. The Bertz CT molecular complexity index is 281. The number of rotatable bonds is 4. The van der Waals surface area contributed by atoms with E-state index in [0.717, 1.165) is 32.5 Å². The van der Waals surface area contributed by atoms with Crippen LogP contribution in [-0.2, 0) is 6.54 Å². The van der Waals surface area contributed by atoms with E-state index in [0.29, 0.717) is 0 Å². The molecule has 3 N–H and O–H groups in total. The lowest BCUT2D eigenvalue weighted by Gasteiger charge is -2.37. The van der Waals surface area contributed by atoms with Crippen molar-refractivity contribution in [2.75, 3.05) is 19.7 Å². The van der Waals surface area contributed by atoms with Gasteiger partial charge in [-0.1, -0.05) is 6.07 Å². The zero-order valence-electron chi connectivity index (χ0n) is 8.83. The van der Waals surface area contributed by atoms with Crippen LogP contribution in [0.1, 0.15) is 17.7 Å². The Morgan fingerprint density at radius 3 is 2.87 bits per heavy atom. The largest absolute Gasteiger partial charge is 0.394 e. The van der Waals surface area contributed by atoms with Crippen molar-refractivity contribution in [3.8, 4) is 0 Å². The Hall–Kier alpha value is -0.420.